The molecule has 2 rings (SSSR count). The highest BCUT2D eigenvalue weighted by Gasteiger charge is 2.27. The summed E-state index contributed by atoms with van der Waals surface area (Å²) in [6.45, 7) is 4.42. The van der Waals surface area contributed by atoms with Crippen molar-refractivity contribution in [1.29, 1.82) is 0 Å². The van der Waals surface area contributed by atoms with Gasteiger partial charge in [0.25, 0.3) is 0 Å². The highest BCUT2D eigenvalue weighted by atomic mass is 35.5. The monoisotopic (exact) mass is 253 g/mol. The molecule has 1 aromatic heterocycles. The van der Waals surface area contributed by atoms with Crippen molar-refractivity contribution in [3.63, 3.8) is 0 Å². The van der Waals surface area contributed by atoms with Gasteiger partial charge >= 0.3 is 0 Å². The van der Waals surface area contributed by atoms with Crippen LogP contribution in [0.15, 0.2) is 6.07 Å². The van der Waals surface area contributed by atoms with E-state index in [4.69, 9.17) is 11.6 Å². The van der Waals surface area contributed by atoms with Gasteiger partial charge in [0.2, 0.25) is 0 Å². The molecule has 0 N–H and O–H groups in total. The fourth-order valence-corrected chi connectivity index (χ4v) is 2.15. The van der Waals surface area contributed by atoms with Crippen molar-refractivity contribution in [3.8, 4) is 0 Å². The molecular formula is C13H20ClN3. The molecule has 0 bridgehead atoms. The minimum absolute atomic E-state index is 0.484. The first-order valence-corrected chi connectivity index (χ1v) is 6.77. The van der Waals surface area contributed by atoms with Crippen molar-refractivity contribution in [2.45, 2.75) is 51.5 Å². The van der Waals surface area contributed by atoms with Crippen molar-refractivity contribution in [2.24, 2.45) is 0 Å². The molecule has 1 heterocycles. The van der Waals surface area contributed by atoms with E-state index in [1.54, 1.807) is 0 Å². The lowest BCUT2D eigenvalue weighted by molar-refractivity contribution is 0.609. The van der Waals surface area contributed by atoms with Crippen molar-refractivity contribution in [3.05, 3.63) is 17.0 Å². The first kappa shape index (κ1) is 12.6. The van der Waals surface area contributed by atoms with E-state index in [-0.39, 0.29) is 0 Å². The normalized spacial score (nSPS) is 16.9. The largest absolute Gasteiger partial charge is 0.357 e. The second kappa shape index (κ2) is 5.21. The molecule has 0 aliphatic heterocycles. The van der Waals surface area contributed by atoms with Gasteiger partial charge in [0, 0.05) is 25.1 Å². The maximum atomic E-state index is 6.07. The van der Waals surface area contributed by atoms with E-state index in [9.17, 15) is 0 Å². The summed E-state index contributed by atoms with van der Waals surface area (Å²) in [6.07, 6.45) is 4.75. The lowest BCUT2D eigenvalue weighted by atomic mass is 10.2. The highest BCUT2D eigenvalue weighted by Crippen LogP contribution is 2.39. The summed E-state index contributed by atoms with van der Waals surface area (Å²) in [5.74, 6) is 2.42. The lowest BCUT2D eigenvalue weighted by Crippen LogP contribution is -2.29. The molecule has 17 heavy (non-hydrogen) atoms. The molecule has 1 aliphatic carbocycles. The minimum atomic E-state index is 0.484. The van der Waals surface area contributed by atoms with Crippen LogP contribution in [-0.2, 0) is 0 Å². The summed E-state index contributed by atoms with van der Waals surface area (Å²) in [5, 5.41) is 0.562. The smallest absolute Gasteiger partial charge is 0.135 e. The van der Waals surface area contributed by atoms with Gasteiger partial charge in [0.15, 0.2) is 0 Å². The van der Waals surface area contributed by atoms with Gasteiger partial charge in [0.05, 0.1) is 0 Å². The topological polar surface area (TPSA) is 29.0 Å². The van der Waals surface area contributed by atoms with Gasteiger partial charge in [-0.05, 0) is 26.2 Å². The average Bonchev–Trinajstić information content (AvgIpc) is 3.11. The fraction of sp³-hybridized carbons (Fsp3) is 0.692. The van der Waals surface area contributed by atoms with Gasteiger partial charge in [-0.1, -0.05) is 24.9 Å². The minimum Gasteiger partial charge on any atom is -0.357 e. The number of anilines is 1. The summed E-state index contributed by atoms with van der Waals surface area (Å²) in [4.78, 5) is 11.1. The Bertz CT molecular complexity index is 390. The number of halogens is 1. The Hall–Kier alpha value is -0.830. The molecule has 1 unspecified atom stereocenters. The van der Waals surface area contributed by atoms with Crippen LogP contribution >= 0.6 is 11.6 Å². The summed E-state index contributed by atoms with van der Waals surface area (Å²) in [5.41, 5.74) is 0. The zero-order chi connectivity index (χ0) is 12.4. The van der Waals surface area contributed by atoms with E-state index in [1.807, 2.05) is 6.07 Å². The van der Waals surface area contributed by atoms with Crippen molar-refractivity contribution >= 4 is 17.4 Å². The molecule has 94 valence electrons. The molecule has 0 spiro atoms. The summed E-state index contributed by atoms with van der Waals surface area (Å²) in [7, 11) is 2.08. The molecule has 3 nitrogen and oxygen atoms in total. The molecular weight excluding hydrogens is 234 g/mol. The van der Waals surface area contributed by atoms with Gasteiger partial charge in [-0.15, -0.1) is 0 Å². The van der Waals surface area contributed by atoms with Gasteiger partial charge in [-0.2, -0.15) is 0 Å². The van der Waals surface area contributed by atoms with E-state index in [2.05, 4.69) is 35.8 Å². The summed E-state index contributed by atoms with van der Waals surface area (Å²) >= 11 is 6.07. The van der Waals surface area contributed by atoms with Crippen LogP contribution in [0, 0.1) is 0 Å². The Kier molecular flexibility index (Phi) is 3.87. The van der Waals surface area contributed by atoms with Crippen molar-refractivity contribution in [2.75, 3.05) is 11.9 Å². The summed E-state index contributed by atoms with van der Waals surface area (Å²) < 4.78 is 0. The molecule has 1 saturated carbocycles. The van der Waals surface area contributed by atoms with Gasteiger partial charge in [-0.3, -0.25) is 0 Å². The molecule has 0 saturated heterocycles. The third-order valence-corrected chi connectivity index (χ3v) is 3.56. The first-order chi connectivity index (χ1) is 8.11. The Morgan fingerprint density at radius 3 is 2.76 bits per heavy atom. The van der Waals surface area contributed by atoms with Crippen LogP contribution in [-0.4, -0.2) is 23.1 Å². The van der Waals surface area contributed by atoms with E-state index in [0.717, 1.165) is 18.1 Å². The zero-order valence-electron chi connectivity index (χ0n) is 10.8. The van der Waals surface area contributed by atoms with Crippen LogP contribution in [0.1, 0.15) is 51.3 Å². The molecule has 0 aromatic carbocycles. The molecule has 0 radical (unpaired) electrons. The van der Waals surface area contributed by atoms with Gasteiger partial charge in [-0.25, -0.2) is 9.97 Å². The Labute approximate surface area is 108 Å². The van der Waals surface area contributed by atoms with Crippen molar-refractivity contribution < 1.29 is 0 Å². The third kappa shape index (κ3) is 3.09. The predicted octanol–water partition coefficient (Wildman–Crippen LogP) is 3.63. The van der Waals surface area contributed by atoms with E-state index < -0.39 is 0 Å². The van der Waals surface area contributed by atoms with Gasteiger partial charge in [0.1, 0.15) is 16.8 Å². The van der Waals surface area contributed by atoms with Crippen LogP contribution < -0.4 is 4.90 Å². The maximum absolute atomic E-state index is 6.07. The molecule has 0 amide bonds. The number of rotatable bonds is 5. The number of hydrogen-bond donors (Lipinski definition) is 0. The standard InChI is InChI=1S/C13H20ClN3/c1-4-5-9(2)17(3)12-8-11(14)15-13(16-12)10-6-7-10/h8-10H,4-7H2,1-3H3. The maximum Gasteiger partial charge on any atom is 0.135 e. The van der Waals surface area contributed by atoms with E-state index in [0.29, 0.717) is 17.1 Å². The summed E-state index contributed by atoms with van der Waals surface area (Å²) in [6, 6.07) is 2.34. The molecule has 1 fully saturated rings. The van der Waals surface area contributed by atoms with Crippen LogP contribution in [0.2, 0.25) is 5.15 Å². The second-order valence-electron chi connectivity index (χ2n) is 4.93. The van der Waals surface area contributed by atoms with Crippen LogP contribution in [0.4, 0.5) is 5.82 Å². The fourth-order valence-electron chi connectivity index (χ4n) is 1.96. The van der Waals surface area contributed by atoms with Crippen molar-refractivity contribution in [1.82, 2.24) is 9.97 Å². The Morgan fingerprint density at radius 1 is 1.47 bits per heavy atom. The van der Waals surface area contributed by atoms with Crippen LogP contribution in [0.5, 0.6) is 0 Å². The molecule has 1 aromatic rings. The molecule has 1 aliphatic rings. The predicted molar refractivity (Wildman–Crippen MR) is 71.8 cm³/mol. The zero-order valence-corrected chi connectivity index (χ0v) is 11.5. The van der Waals surface area contributed by atoms with Crippen LogP contribution in [0.3, 0.4) is 0 Å². The molecule has 1 atom stereocenters. The average molecular weight is 254 g/mol. The number of hydrogen-bond acceptors (Lipinski definition) is 3. The quantitative estimate of drug-likeness (QED) is 0.751. The first-order valence-electron chi connectivity index (χ1n) is 6.39. The van der Waals surface area contributed by atoms with E-state index >= 15 is 0 Å². The Balaban J connectivity index is 2.18. The SMILES string of the molecule is CCCC(C)N(C)c1cc(Cl)nc(C2CC2)n1. The van der Waals surface area contributed by atoms with Gasteiger partial charge < -0.3 is 4.90 Å². The van der Waals surface area contributed by atoms with Crippen LogP contribution in [0.25, 0.3) is 0 Å². The Morgan fingerprint density at radius 2 is 2.18 bits per heavy atom. The molecule has 4 heteroatoms. The van der Waals surface area contributed by atoms with E-state index in [1.165, 1.54) is 19.3 Å². The lowest BCUT2D eigenvalue weighted by Gasteiger charge is -2.26. The highest BCUT2D eigenvalue weighted by molar-refractivity contribution is 6.29. The second-order valence-corrected chi connectivity index (χ2v) is 5.32. The third-order valence-electron chi connectivity index (χ3n) is 3.37. The number of aromatic nitrogens is 2. The number of nitrogens with zero attached hydrogens (tertiary/aromatic N) is 3.